The van der Waals surface area contributed by atoms with E-state index in [1.165, 1.54) is 22.8 Å². The quantitative estimate of drug-likeness (QED) is 0.463. The van der Waals surface area contributed by atoms with E-state index >= 15 is 0 Å². The molecule has 0 aliphatic rings. The molecule has 4 aromatic heterocycles. The Balaban J connectivity index is 1.36. The molecule has 0 atom stereocenters. The standard InChI is InChI=1S/C23H18FN7O/c1-30-14-16(5-6-21(30)32)19-12-26-18(10-27-19)11-28-22-23-29-13-20(31(23)8-7-25-22)15-3-2-4-17(24)9-15/h2-10,12-14H,11H2,1H3,(H,25,28). The predicted molar refractivity (Wildman–Crippen MR) is 118 cm³/mol. The lowest BCUT2D eigenvalue weighted by Gasteiger charge is -2.08. The molecule has 4 heterocycles. The zero-order chi connectivity index (χ0) is 22.1. The Kier molecular flexibility index (Phi) is 4.91. The van der Waals surface area contributed by atoms with Crippen LogP contribution in [0.1, 0.15) is 5.69 Å². The highest BCUT2D eigenvalue weighted by Crippen LogP contribution is 2.24. The second kappa shape index (κ2) is 8.03. The van der Waals surface area contributed by atoms with Crippen LogP contribution in [0.4, 0.5) is 10.2 Å². The predicted octanol–water partition coefficient (Wildman–Crippen LogP) is 3.30. The number of imidazole rings is 1. The average molecular weight is 427 g/mol. The Morgan fingerprint density at radius 2 is 1.91 bits per heavy atom. The minimum atomic E-state index is -0.301. The van der Waals surface area contributed by atoms with E-state index in [0.29, 0.717) is 23.7 Å². The van der Waals surface area contributed by atoms with Gasteiger partial charge in [-0.2, -0.15) is 0 Å². The van der Waals surface area contributed by atoms with Crippen molar-refractivity contribution in [3.05, 3.63) is 95.4 Å². The number of hydrogen-bond donors (Lipinski definition) is 1. The monoisotopic (exact) mass is 427 g/mol. The molecule has 0 fully saturated rings. The van der Waals surface area contributed by atoms with Crippen molar-refractivity contribution in [2.24, 2.45) is 7.05 Å². The van der Waals surface area contributed by atoms with Crippen molar-refractivity contribution >= 4 is 11.5 Å². The van der Waals surface area contributed by atoms with Crippen molar-refractivity contribution in [2.45, 2.75) is 6.54 Å². The smallest absolute Gasteiger partial charge is 0.250 e. The van der Waals surface area contributed by atoms with Crippen LogP contribution in [0.25, 0.3) is 28.2 Å². The summed E-state index contributed by atoms with van der Waals surface area (Å²) in [5, 5.41) is 3.24. The minimum absolute atomic E-state index is 0.0799. The number of hydrogen-bond acceptors (Lipinski definition) is 6. The van der Waals surface area contributed by atoms with Crippen molar-refractivity contribution in [1.82, 2.24) is 28.9 Å². The molecule has 0 bridgehead atoms. The third-order valence-electron chi connectivity index (χ3n) is 5.07. The van der Waals surface area contributed by atoms with Gasteiger partial charge in [0.2, 0.25) is 5.56 Å². The summed E-state index contributed by atoms with van der Waals surface area (Å²) in [6.45, 7) is 0.398. The topological polar surface area (TPSA) is 90.0 Å². The number of nitrogens with one attached hydrogen (secondary N) is 1. The summed E-state index contributed by atoms with van der Waals surface area (Å²) in [6.07, 6.45) is 10.2. The van der Waals surface area contributed by atoms with Crippen molar-refractivity contribution < 1.29 is 4.39 Å². The van der Waals surface area contributed by atoms with Gasteiger partial charge in [-0.25, -0.2) is 14.4 Å². The lowest BCUT2D eigenvalue weighted by molar-refractivity contribution is 0.628. The number of fused-ring (bicyclic) bond motifs is 1. The second-order valence-electron chi connectivity index (χ2n) is 7.24. The van der Waals surface area contributed by atoms with Crippen LogP contribution < -0.4 is 10.9 Å². The molecular weight excluding hydrogens is 409 g/mol. The largest absolute Gasteiger partial charge is 0.361 e. The first-order valence-electron chi connectivity index (χ1n) is 9.88. The van der Waals surface area contributed by atoms with Gasteiger partial charge in [0.25, 0.3) is 0 Å². The zero-order valence-corrected chi connectivity index (χ0v) is 17.1. The summed E-state index contributed by atoms with van der Waals surface area (Å²) in [4.78, 5) is 29.3. The van der Waals surface area contributed by atoms with Crippen molar-refractivity contribution in [2.75, 3.05) is 5.32 Å². The van der Waals surface area contributed by atoms with Crippen LogP contribution in [-0.2, 0) is 13.6 Å². The number of aryl methyl sites for hydroxylation is 1. The number of rotatable bonds is 5. The van der Waals surface area contributed by atoms with Gasteiger partial charge in [0, 0.05) is 42.8 Å². The second-order valence-corrected chi connectivity index (χ2v) is 7.24. The average Bonchev–Trinajstić information content (AvgIpc) is 3.25. The van der Waals surface area contributed by atoms with Gasteiger partial charge in [-0.3, -0.25) is 19.2 Å². The molecule has 9 heteroatoms. The molecule has 0 amide bonds. The normalized spacial score (nSPS) is 11.1. The summed E-state index contributed by atoms with van der Waals surface area (Å²) < 4.78 is 17.0. The first kappa shape index (κ1) is 19.6. The van der Waals surface area contributed by atoms with Gasteiger partial charge in [0.1, 0.15) is 5.82 Å². The number of benzene rings is 1. The minimum Gasteiger partial charge on any atom is -0.361 e. The third kappa shape index (κ3) is 3.71. The van der Waals surface area contributed by atoms with Crippen molar-refractivity contribution in [1.29, 1.82) is 0 Å². The molecule has 0 unspecified atom stereocenters. The lowest BCUT2D eigenvalue weighted by Crippen LogP contribution is -2.14. The van der Waals surface area contributed by atoms with Crippen molar-refractivity contribution in [3.63, 3.8) is 0 Å². The van der Waals surface area contributed by atoms with Crippen LogP contribution in [-0.4, -0.2) is 28.9 Å². The molecule has 8 nitrogen and oxygen atoms in total. The van der Waals surface area contributed by atoms with Gasteiger partial charge in [0.15, 0.2) is 11.5 Å². The first-order valence-corrected chi connectivity index (χ1v) is 9.88. The van der Waals surface area contributed by atoms with E-state index in [0.717, 1.165) is 22.5 Å². The maximum atomic E-state index is 13.6. The van der Waals surface area contributed by atoms with Crippen LogP contribution in [0, 0.1) is 5.82 Å². The Hall–Kier alpha value is -4.40. The van der Waals surface area contributed by atoms with E-state index < -0.39 is 0 Å². The van der Waals surface area contributed by atoms with Crippen LogP contribution in [0.15, 0.2) is 78.4 Å². The number of aromatic nitrogens is 6. The van der Waals surface area contributed by atoms with E-state index in [4.69, 9.17) is 0 Å². The van der Waals surface area contributed by atoms with E-state index in [1.807, 2.05) is 10.5 Å². The maximum Gasteiger partial charge on any atom is 0.250 e. The molecule has 32 heavy (non-hydrogen) atoms. The number of anilines is 1. The summed E-state index contributed by atoms with van der Waals surface area (Å²) in [5.41, 5.74) is 4.26. The molecule has 0 aliphatic heterocycles. The molecule has 0 radical (unpaired) electrons. The van der Waals surface area contributed by atoms with Crippen LogP contribution in [0.3, 0.4) is 0 Å². The molecule has 5 aromatic rings. The lowest BCUT2D eigenvalue weighted by atomic mass is 10.1. The molecule has 1 N–H and O–H groups in total. The van der Waals surface area contributed by atoms with E-state index in [2.05, 4.69) is 25.3 Å². The Bertz CT molecular complexity index is 1470. The van der Waals surface area contributed by atoms with Crippen LogP contribution >= 0.6 is 0 Å². The Morgan fingerprint density at radius 3 is 2.69 bits per heavy atom. The fraction of sp³-hybridized carbons (Fsp3) is 0.0870. The first-order chi connectivity index (χ1) is 15.6. The summed E-state index contributed by atoms with van der Waals surface area (Å²) in [6, 6.07) is 9.61. The van der Waals surface area contributed by atoms with Crippen LogP contribution in [0.5, 0.6) is 0 Å². The van der Waals surface area contributed by atoms with E-state index in [-0.39, 0.29) is 11.4 Å². The molecule has 158 valence electrons. The SMILES string of the molecule is Cn1cc(-c2cnc(CNc3nccn4c(-c5cccc(F)c5)cnc34)cn2)ccc1=O. The maximum absolute atomic E-state index is 13.6. The van der Waals surface area contributed by atoms with Gasteiger partial charge in [-0.15, -0.1) is 0 Å². The van der Waals surface area contributed by atoms with E-state index in [9.17, 15) is 9.18 Å². The highest BCUT2D eigenvalue weighted by atomic mass is 19.1. The van der Waals surface area contributed by atoms with Crippen molar-refractivity contribution in [3.8, 4) is 22.5 Å². The molecule has 0 saturated carbocycles. The Morgan fingerprint density at radius 1 is 1.00 bits per heavy atom. The van der Waals surface area contributed by atoms with Crippen LogP contribution in [0.2, 0.25) is 0 Å². The molecule has 1 aromatic carbocycles. The molecule has 5 rings (SSSR count). The fourth-order valence-electron chi connectivity index (χ4n) is 3.42. The number of pyridine rings is 1. The highest BCUT2D eigenvalue weighted by Gasteiger charge is 2.11. The van der Waals surface area contributed by atoms with E-state index in [1.54, 1.807) is 56.4 Å². The van der Waals surface area contributed by atoms with Gasteiger partial charge < -0.3 is 9.88 Å². The molecule has 0 aliphatic carbocycles. The Labute approximate surface area is 182 Å². The van der Waals surface area contributed by atoms with Gasteiger partial charge in [-0.1, -0.05) is 12.1 Å². The molecular formula is C23H18FN7O. The fourth-order valence-corrected chi connectivity index (χ4v) is 3.42. The third-order valence-corrected chi connectivity index (χ3v) is 5.07. The van der Waals surface area contributed by atoms with Gasteiger partial charge in [0.05, 0.1) is 42.2 Å². The highest BCUT2D eigenvalue weighted by molar-refractivity contribution is 5.70. The summed E-state index contributed by atoms with van der Waals surface area (Å²) >= 11 is 0. The zero-order valence-electron chi connectivity index (χ0n) is 17.1. The number of halogens is 1. The summed E-state index contributed by atoms with van der Waals surface area (Å²) in [5.74, 6) is 0.281. The number of nitrogens with zero attached hydrogens (tertiary/aromatic N) is 6. The molecule has 0 saturated heterocycles. The van der Waals surface area contributed by atoms with Gasteiger partial charge >= 0.3 is 0 Å². The van der Waals surface area contributed by atoms with Gasteiger partial charge in [-0.05, 0) is 18.2 Å². The molecule has 0 spiro atoms. The summed E-state index contributed by atoms with van der Waals surface area (Å²) in [7, 11) is 1.69.